The maximum Gasteiger partial charge on any atom is 0.169 e. The Morgan fingerprint density at radius 2 is 1.62 bits per heavy atom. The van der Waals surface area contributed by atoms with Gasteiger partial charge in [0.25, 0.3) is 0 Å². The van der Waals surface area contributed by atoms with E-state index in [2.05, 4.69) is 83.0 Å². The summed E-state index contributed by atoms with van der Waals surface area (Å²) in [5.41, 5.74) is 5.18. The Morgan fingerprint density at radius 3 is 2.24 bits per heavy atom. The SMILES string of the molecule is COc1cccc2c1CN(C(=S)NCC(c1ccccc1)c1ccccc1)CC2. The molecule has 0 aliphatic carbocycles. The van der Waals surface area contributed by atoms with Crippen LogP contribution in [0.5, 0.6) is 5.75 Å². The third-order valence-corrected chi connectivity index (χ3v) is 6.00. The molecule has 1 aliphatic heterocycles. The third kappa shape index (κ3) is 4.43. The number of nitrogens with one attached hydrogen (secondary N) is 1. The number of hydrogen-bond acceptors (Lipinski definition) is 2. The Bertz CT molecular complexity index is 905. The van der Waals surface area contributed by atoms with E-state index in [1.54, 1.807) is 7.11 Å². The number of benzene rings is 3. The van der Waals surface area contributed by atoms with Gasteiger partial charge in [0, 0.05) is 31.1 Å². The molecule has 3 aromatic carbocycles. The minimum atomic E-state index is 0.252. The molecule has 0 fully saturated rings. The second-order valence-corrected chi connectivity index (χ2v) is 7.72. The summed E-state index contributed by atoms with van der Waals surface area (Å²) in [6.07, 6.45) is 0.981. The molecule has 3 aromatic rings. The van der Waals surface area contributed by atoms with Crippen LogP contribution in [0.25, 0.3) is 0 Å². The highest BCUT2D eigenvalue weighted by Gasteiger charge is 2.22. The van der Waals surface area contributed by atoms with E-state index in [-0.39, 0.29) is 5.92 Å². The molecule has 4 rings (SSSR count). The number of fused-ring (bicyclic) bond motifs is 1. The van der Waals surface area contributed by atoms with Crippen LogP contribution in [0, 0.1) is 0 Å². The maximum absolute atomic E-state index is 5.77. The molecule has 0 saturated carbocycles. The smallest absolute Gasteiger partial charge is 0.169 e. The first-order chi connectivity index (χ1) is 14.3. The molecule has 0 bridgehead atoms. The molecule has 0 amide bonds. The van der Waals surface area contributed by atoms with Crippen molar-refractivity contribution in [3.05, 3.63) is 101 Å². The van der Waals surface area contributed by atoms with Crippen molar-refractivity contribution in [2.24, 2.45) is 0 Å². The number of methoxy groups -OCH3 is 1. The molecular weight excluding hydrogens is 376 g/mol. The molecule has 0 atom stereocenters. The zero-order valence-electron chi connectivity index (χ0n) is 16.7. The number of rotatable bonds is 5. The topological polar surface area (TPSA) is 24.5 Å². The van der Waals surface area contributed by atoms with Gasteiger partial charge in [0.05, 0.1) is 7.11 Å². The lowest BCUT2D eigenvalue weighted by Gasteiger charge is -2.32. The normalized spacial score (nSPS) is 13.1. The summed E-state index contributed by atoms with van der Waals surface area (Å²) in [7, 11) is 1.73. The number of thiocarbonyl (C=S) groups is 1. The van der Waals surface area contributed by atoms with Gasteiger partial charge in [-0.3, -0.25) is 0 Å². The van der Waals surface area contributed by atoms with Crippen molar-refractivity contribution in [2.75, 3.05) is 20.2 Å². The van der Waals surface area contributed by atoms with E-state index in [4.69, 9.17) is 17.0 Å². The van der Waals surface area contributed by atoms with Crippen molar-refractivity contribution in [1.82, 2.24) is 10.2 Å². The standard InChI is InChI=1S/C25H26N2OS/c1-28-24-14-8-13-21-15-16-27(18-23(21)24)25(29)26-17-22(19-9-4-2-5-10-19)20-11-6-3-7-12-20/h2-14,22H,15-18H2,1H3,(H,26,29). The molecule has 4 heteroatoms. The van der Waals surface area contributed by atoms with Gasteiger partial charge in [0.1, 0.15) is 5.75 Å². The molecule has 0 radical (unpaired) electrons. The van der Waals surface area contributed by atoms with Crippen molar-refractivity contribution >= 4 is 17.3 Å². The highest BCUT2D eigenvalue weighted by molar-refractivity contribution is 7.80. The van der Waals surface area contributed by atoms with Crippen LogP contribution < -0.4 is 10.1 Å². The largest absolute Gasteiger partial charge is 0.496 e. The highest BCUT2D eigenvalue weighted by atomic mass is 32.1. The molecule has 1 aliphatic rings. The minimum Gasteiger partial charge on any atom is -0.496 e. The highest BCUT2D eigenvalue weighted by Crippen LogP contribution is 2.28. The first-order valence-corrected chi connectivity index (χ1v) is 10.4. The van der Waals surface area contributed by atoms with Crippen molar-refractivity contribution < 1.29 is 4.74 Å². The monoisotopic (exact) mass is 402 g/mol. The van der Waals surface area contributed by atoms with Gasteiger partial charge in [0.15, 0.2) is 5.11 Å². The fourth-order valence-electron chi connectivity index (χ4n) is 4.01. The van der Waals surface area contributed by atoms with Crippen LogP contribution >= 0.6 is 12.2 Å². The third-order valence-electron chi connectivity index (χ3n) is 5.60. The minimum absolute atomic E-state index is 0.252. The summed E-state index contributed by atoms with van der Waals surface area (Å²) in [6, 6.07) is 27.5. The summed E-state index contributed by atoms with van der Waals surface area (Å²) in [5.74, 6) is 1.20. The second-order valence-electron chi connectivity index (χ2n) is 7.33. The van der Waals surface area contributed by atoms with Gasteiger partial charge in [-0.15, -0.1) is 0 Å². The molecule has 29 heavy (non-hydrogen) atoms. The Kier molecular flexibility index (Phi) is 6.11. The first kappa shape index (κ1) is 19.5. The fourth-order valence-corrected chi connectivity index (χ4v) is 4.25. The molecule has 1 N–H and O–H groups in total. The summed E-state index contributed by atoms with van der Waals surface area (Å²) in [6.45, 7) is 2.47. The van der Waals surface area contributed by atoms with E-state index in [9.17, 15) is 0 Å². The average Bonchev–Trinajstić information content (AvgIpc) is 2.79. The zero-order chi connectivity index (χ0) is 20.1. The number of nitrogens with zero attached hydrogens (tertiary/aromatic N) is 1. The van der Waals surface area contributed by atoms with Crippen LogP contribution in [0.2, 0.25) is 0 Å². The van der Waals surface area contributed by atoms with Crippen LogP contribution in [-0.2, 0) is 13.0 Å². The molecule has 0 aromatic heterocycles. The maximum atomic E-state index is 5.77. The lowest BCUT2D eigenvalue weighted by Crippen LogP contribution is -2.43. The van der Waals surface area contributed by atoms with Crippen LogP contribution in [0.4, 0.5) is 0 Å². The van der Waals surface area contributed by atoms with Gasteiger partial charge in [-0.2, -0.15) is 0 Å². The van der Waals surface area contributed by atoms with E-state index < -0.39 is 0 Å². The van der Waals surface area contributed by atoms with E-state index in [1.807, 2.05) is 6.07 Å². The van der Waals surface area contributed by atoms with Gasteiger partial charge < -0.3 is 15.0 Å². The second kappa shape index (κ2) is 9.10. The van der Waals surface area contributed by atoms with Crippen molar-refractivity contribution in [2.45, 2.75) is 18.9 Å². The van der Waals surface area contributed by atoms with Crippen molar-refractivity contribution in [3.63, 3.8) is 0 Å². The molecule has 1 heterocycles. The van der Waals surface area contributed by atoms with E-state index in [0.29, 0.717) is 0 Å². The van der Waals surface area contributed by atoms with Gasteiger partial charge in [-0.25, -0.2) is 0 Å². The van der Waals surface area contributed by atoms with Gasteiger partial charge >= 0.3 is 0 Å². The number of ether oxygens (including phenoxy) is 1. The zero-order valence-corrected chi connectivity index (χ0v) is 17.5. The van der Waals surface area contributed by atoms with Crippen LogP contribution in [-0.4, -0.2) is 30.2 Å². The Hall–Kier alpha value is -2.85. The van der Waals surface area contributed by atoms with E-state index in [1.165, 1.54) is 22.3 Å². The van der Waals surface area contributed by atoms with Crippen LogP contribution in [0.15, 0.2) is 78.9 Å². The fraction of sp³-hybridized carbons (Fsp3) is 0.240. The predicted molar refractivity (Wildman–Crippen MR) is 122 cm³/mol. The molecule has 3 nitrogen and oxygen atoms in total. The van der Waals surface area contributed by atoms with Gasteiger partial charge in [-0.1, -0.05) is 72.8 Å². The molecular formula is C25H26N2OS. The molecule has 0 saturated heterocycles. The Labute approximate surface area is 178 Å². The molecule has 0 unspecified atom stereocenters. The quantitative estimate of drug-likeness (QED) is 0.622. The Balaban J connectivity index is 1.47. The predicted octanol–water partition coefficient (Wildman–Crippen LogP) is 4.76. The lowest BCUT2D eigenvalue weighted by molar-refractivity contribution is 0.359. The van der Waals surface area contributed by atoms with Crippen molar-refractivity contribution in [1.29, 1.82) is 0 Å². The summed E-state index contributed by atoms with van der Waals surface area (Å²) in [4.78, 5) is 2.24. The summed E-state index contributed by atoms with van der Waals surface area (Å²) < 4.78 is 5.56. The first-order valence-electron chi connectivity index (χ1n) is 10.0. The summed E-state index contributed by atoms with van der Waals surface area (Å²) in [5, 5.41) is 4.34. The Morgan fingerprint density at radius 1 is 0.966 bits per heavy atom. The lowest BCUT2D eigenvalue weighted by atomic mass is 9.91. The number of hydrogen-bond donors (Lipinski definition) is 1. The van der Waals surface area contributed by atoms with Crippen molar-refractivity contribution in [3.8, 4) is 5.75 Å². The molecule has 0 spiro atoms. The van der Waals surface area contributed by atoms with Crippen LogP contribution in [0.3, 0.4) is 0 Å². The van der Waals surface area contributed by atoms with E-state index in [0.717, 1.165) is 36.9 Å². The molecule has 148 valence electrons. The van der Waals surface area contributed by atoms with Gasteiger partial charge in [0.2, 0.25) is 0 Å². The van der Waals surface area contributed by atoms with Crippen LogP contribution in [0.1, 0.15) is 28.2 Å². The van der Waals surface area contributed by atoms with Gasteiger partial charge in [-0.05, 0) is 41.4 Å². The van der Waals surface area contributed by atoms with E-state index >= 15 is 0 Å². The average molecular weight is 403 g/mol. The summed E-state index contributed by atoms with van der Waals surface area (Å²) >= 11 is 5.77.